The molecule has 0 bridgehead atoms. The summed E-state index contributed by atoms with van der Waals surface area (Å²) < 4.78 is 4.95. The Labute approximate surface area is 74.8 Å². The first kappa shape index (κ1) is 9.94. The average molecular weight is 189 g/mol. The average Bonchev–Trinajstić information content (AvgIpc) is 2.52. The molecule has 0 saturated carbocycles. The van der Waals surface area contributed by atoms with Crippen LogP contribution in [0, 0.1) is 0 Å². The number of hydrogen-bond acceptors (Lipinski definition) is 4. The van der Waals surface area contributed by atoms with Crippen LogP contribution < -0.4 is 5.48 Å². The standard InChI is InChI=1S/C7H11NO5/c1-12-8-6(9)4-2-3-5(13-4)7(10)11/h4-5H,2-3H2,1H3,(H,8,9)(H,10,11)/t4-,5+/m0/s1. The maximum Gasteiger partial charge on any atom is 0.332 e. The summed E-state index contributed by atoms with van der Waals surface area (Å²) in [5.74, 6) is -1.47. The largest absolute Gasteiger partial charge is 0.479 e. The smallest absolute Gasteiger partial charge is 0.332 e. The number of carbonyl (C=O) groups is 2. The number of carboxylic acids is 1. The van der Waals surface area contributed by atoms with E-state index in [0.717, 1.165) is 0 Å². The van der Waals surface area contributed by atoms with E-state index in [1.807, 2.05) is 0 Å². The quantitative estimate of drug-likeness (QED) is 0.573. The van der Waals surface area contributed by atoms with Gasteiger partial charge in [-0.1, -0.05) is 0 Å². The molecule has 13 heavy (non-hydrogen) atoms. The molecule has 0 radical (unpaired) electrons. The number of hydrogen-bond donors (Lipinski definition) is 2. The zero-order valence-corrected chi connectivity index (χ0v) is 7.15. The number of aliphatic carboxylic acids is 1. The lowest BCUT2D eigenvalue weighted by molar-refractivity contribution is -0.154. The zero-order chi connectivity index (χ0) is 9.84. The van der Waals surface area contributed by atoms with Crippen molar-refractivity contribution in [3.63, 3.8) is 0 Å². The number of hydroxylamine groups is 1. The maximum atomic E-state index is 11.1. The van der Waals surface area contributed by atoms with Crippen molar-refractivity contribution in [3.05, 3.63) is 0 Å². The highest BCUT2D eigenvalue weighted by molar-refractivity contribution is 5.81. The van der Waals surface area contributed by atoms with Gasteiger partial charge in [0.1, 0.15) is 6.10 Å². The monoisotopic (exact) mass is 189 g/mol. The summed E-state index contributed by atoms with van der Waals surface area (Å²) in [6, 6.07) is 0. The summed E-state index contributed by atoms with van der Waals surface area (Å²) in [5.41, 5.74) is 2.09. The van der Waals surface area contributed by atoms with E-state index >= 15 is 0 Å². The van der Waals surface area contributed by atoms with E-state index < -0.39 is 24.1 Å². The van der Waals surface area contributed by atoms with E-state index in [1.54, 1.807) is 0 Å². The van der Waals surface area contributed by atoms with Crippen molar-refractivity contribution in [2.24, 2.45) is 0 Å². The predicted molar refractivity (Wildman–Crippen MR) is 40.7 cm³/mol. The van der Waals surface area contributed by atoms with Gasteiger partial charge in [0, 0.05) is 0 Å². The number of carbonyl (C=O) groups excluding carboxylic acids is 1. The van der Waals surface area contributed by atoms with E-state index in [2.05, 4.69) is 10.3 Å². The zero-order valence-electron chi connectivity index (χ0n) is 7.15. The third-order valence-corrected chi connectivity index (χ3v) is 1.79. The Hall–Kier alpha value is -1.14. The molecule has 2 atom stereocenters. The highest BCUT2D eigenvalue weighted by Gasteiger charge is 2.34. The molecule has 2 N–H and O–H groups in total. The molecule has 1 aliphatic heterocycles. The summed E-state index contributed by atoms with van der Waals surface area (Å²) in [5, 5.41) is 8.55. The van der Waals surface area contributed by atoms with Gasteiger partial charge in [-0.2, -0.15) is 0 Å². The molecular weight excluding hydrogens is 178 g/mol. The van der Waals surface area contributed by atoms with E-state index in [0.29, 0.717) is 12.8 Å². The first-order valence-electron chi connectivity index (χ1n) is 3.86. The summed E-state index contributed by atoms with van der Waals surface area (Å²) in [4.78, 5) is 25.9. The van der Waals surface area contributed by atoms with Gasteiger partial charge >= 0.3 is 5.97 Å². The topological polar surface area (TPSA) is 84.9 Å². The fourth-order valence-corrected chi connectivity index (χ4v) is 1.18. The Morgan fingerprint density at radius 2 is 2.08 bits per heavy atom. The van der Waals surface area contributed by atoms with E-state index in [1.165, 1.54) is 7.11 Å². The summed E-state index contributed by atoms with van der Waals surface area (Å²) in [7, 11) is 1.31. The minimum absolute atomic E-state index is 0.358. The second-order valence-electron chi connectivity index (χ2n) is 2.70. The molecule has 0 aromatic rings. The molecule has 74 valence electrons. The normalized spacial score (nSPS) is 27.2. The van der Waals surface area contributed by atoms with Gasteiger partial charge < -0.3 is 9.84 Å². The minimum Gasteiger partial charge on any atom is -0.479 e. The van der Waals surface area contributed by atoms with Crippen LogP contribution in [0.1, 0.15) is 12.8 Å². The van der Waals surface area contributed by atoms with E-state index in [4.69, 9.17) is 9.84 Å². The first-order chi connectivity index (χ1) is 6.15. The molecule has 1 aliphatic rings. The molecule has 0 aliphatic carbocycles. The molecule has 1 heterocycles. The van der Waals surface area contributed by atoms with Crippen molar-refractivity contribution >= 4 is 11.9 Å². The lowest BCUT2D eigenvalue weighted by atomic mass is 10.2. The van der Waals surface area contributed by atoms with Gasteiger partial charge in [0.2, 0.25) is 0 Å². The van der Waals surface area contributed by atoms with Crippen molar-refractivity contribution in [1.82, 2.24) is 5.48 Å². The maximum absolute atomic E-state index is 11.1. The van der Waals surface area contributed by atoms with Crippen LogP contribution in [0.4, 0.5) is 0 Å². The van der Waals surface area contributed by atoms with Crippen LogP contribution in [0.5, 0.6) is 0 Å². The van der Waals surface area contributed by atoms with E-state index in [-0.39, 0.29) is 0 Å². The number of ether oxygens (including phenoxy) is 1. The van der Waals surface area contributed by atoms with Crippen molar-refractivity contribution < 1.29 is 24.3 Å². The lowest BCUT2D eigenvalue weighted by Gasteiger charge is -2.09. The van der Waals surface area contributed by atoms with Crippen LogP contribution in [-0.4, -0.2) is 36.3 Å². The van der Waals surface area contributed by atoms with E-state index in [9.17, 15) is 9.59 Å². The molecule has 6 nitrogen and oxygen atoms in total. The second kappa shape index (κ2) is 4.20. The summed E-state index contributed by atoms with van der Waals surface area (Å²) >= 11 is 0. The first-order valence-corrected chi connectivity index (χ1v) is 3.86. The highest BCUT2D eigenvalue weighted by Crippen LogP contribution is 2.19. The molecular formula is C7H11NO5. The van der Waals surface area contributed by atoms with Crippen LogP contribution in [0.25, 0.3) is 0 Å². The minimum atomic E-state index is -1.03. The molecule has 0 aromatic heterocycles. The SMILES string of the molecule is CONC(=O)[C@@H]1CC[C@H](C(=O)O)O1. The predicted octanol–water partition coefficient (Wildman–Crippen LogP) is -0.704. The van der Waals surface area contributed by atoms with Crippen LogP contribution in [0.2, 0.25) is 0 Å². The van der Waals surface area contributed by atoms with Crippen molar-refractivity contribution in [2.75, 3.05) is 7.11 Å². The second-order valence-corrected chi connectivity index (χ2v) is 2.70. The van der Waals surface area contributed by atoms with Gasteiger partial charge in [-0.3, -0.25) is 9.63 Å². The highest BCUT2D eigenvalue weighted by atomic mass is 16.6. The molecule has 1 amide bonds. The fourth-order valence-electron chi connectivity index (χ4n) is 1.18. The molecule has 1 rings (SSSR count). The number of nitrogens with one attached hydrogen (secondary N) is 1. The Morgan fingerprint density at radius 1 is 1.46 bits per heavy atom. The summed E-state index contributed by atoms with van der Waals surface area (Å²) in [6.07, 6.45) is -0.808. The van der Waals surface area contributed by atoms with Crippen LogP contribution in [0.15, 0.2) is 0 Å². The fraction of sp³-hybridized carbons (Fsp3) is 0.714. The Balaban J connectivity index is 2.40. The number of rotatable bonds is 3. The van der Waals surface area contributed by atoms with Gasteiger partial charge in [0.15, 0.2) is 6.10 Å². The van der Waals surface area contributed by atoms with Gasteiger partial charge in [0.25, 0.3) is 5.91 Å². The molecule has 0 spiro atoms. The van der Waals surface area contributed by atoms with Crippen LogP contribution >= 0.6 is 0 Å². The Morgan fingerprint density at radius 3 is 2.54 bits per heavy atom. The molecule has 1 saturated heterocycles. The van der Waals surface area contributed by atoms with Gasteiger partial charge in [-0.05, 0) is 12.8 Å². The van der Waals surface area contributed by atoms with Crippen molar-refractivity contribution in [2.45, 2.75) is 25.0 Å². The van der Waals surface area contributed by atoms with Gasteiger partial charge in [-0.25, -0.2) is 10.3 Å². The molecule has 0 aromatic carbocycles. The molecule has 1 fully saturated rings. The lowest BCUT2D eigenvalue weighted by Crippen LogP contribution is -2.34. The number of amides is 1. The Bertz CT molecular complexity index is 217. The number of carboxylic acid groups (broad SMARTS) is 1. The van der Waals surface area contributed by atoms with Crippen molar-refractivity contribution in [3.8, 4) is 0 Å². The van der Waals surface area contributed by atoms with Gasteiger partial charge in [0.05, 0.1) is 7.11 Å². The van der Waals surface area contributed by atoms with Crippen LogP contribution in [0.3, 0.4) is 0 Å². The van der Waals surface area contributed by atoms with Crippen molar-refractivity contribution in [1.29, 1.82) is 0 Å². The third-order valence-electron chi connectivity index (χ3n) is 1.79. The molecule has 6 heteroatoms. The van der Waals surface area contributed by atoms with Gasteiger partial charge in [-0.15, -0.1) is 0 Å². The van der Waals surface area contributed by atoms with Crippen LogP contribution in [-0.2, 0) is 19.2 Å². The molecule has 0 unspecified atom stereocenters. The Kier molecular flexibility index (Phi) is 3.21. The third kappa shape index (κ3) is 2.40. The summed E-state index contributed by atoms with van der Waals surface area (Å²) in [6.45, 7) is 0.